The van der Waals surface area contributed by atoms with Crippen LogP contribution in [0.25, 0.3) is 5.69 Å². The Morgan fingerprint density at radius 2 is 2.00 bits per heavy atom. The van der Waals surface area contributed by atoms with Gasteiger partial charge in [-0.15, -0.1) is 0 Å². The number of non-ortho nitro benzene ring substituents is 1. The van der Waals surface area contributed by atoms with Gasteiger partial charge >= 0.3 is 5.97 Å². The summed E-state index contributed by atoms with van der Waals surface area (Å²) in [5.74, 6) is -1.13. The minimum Gasteiger partial charge on any atom is -0.480 e. The molecule has 9 heteroatoms. The standard InChI is InChI=1S/C17H18N4O5/c1-11-6-7-19(15(8-11)17(23)24)16(22)12-9-18-20(10-12)13-2-4-14(5-3-13)21(25)26/h2-5,9-11,15H,6-8H2,1H3,(H,23,24). The van der Waals surface area contributed by atoms with Gasteiger partial charge in [0, 0.05) is 24.9 Å². The van der Waals surface area contributed by atoms with E-state index in [-0.39, 0.29) is 23.1 Å². The zero-order chi connectivity index (χ0) is 18.8. The minimum atomic E-state index is -1.01. The van der Waals surface area contributed by atoms with Crippen molar-refractivity contribution in [3.8, 4) is 5.69 Å². The molecule has 26 heavy (non-hydrogen) atoms. The van der Waals surface area contributed by atoms with E-state index in [2.05, 4.69) is 5.10 Å². The summed E-state index contributed by atoms with van der Waals surface area (Å²) < 4.78 is 1.43. The van der Waals surface area contributed by atoms with Crippen LogP contribution in [0.4, 0.5) is 5.69 Å². The van der Waals surface area contributed by atoms with E-state index in [1.165, 1.54) is 46.2 Å². The van der Waals surface area contributed by atoms with Crippen LogP contribution in [-0.2, 0) is 4.79 Å². The van der Waals surface area contributed by atoms with Gasteiger partial charge in [0.2, 0.25) is 0 Å². The van der Waals surface area contributed by atoms with E-state index in [0.717, 1.165) is 6.42 Å². The second-order valence-electron chi connectivity index (χ2n) is 6.43. The first kappa shape index (κ1) is 17.6. The number of rotatable bonds is 4. The van der Waals surface area contributed by atoms with Gasteiger partial charge in [-0.25, -0.2) is 9.48 Å². The van der Waals surface area contributed by atoms with E-state index in [9.17, 15) is 24.8 Å². The molecule has 1 aliphatic heterocycles. The number of carboxylic acids is 1. The molecular weight excluding hydrogens is 340 g/mol. The number of nitrogens with zero attached hydrogens (tertiary/aromatic N) is 4. The van der Waals surface area contributed by atoms with Crippen LogP contribution in [0.2, 0.25) is 0 Å². The molecule has 9 nitrogen and oxygen atoms in total. The zero-order valence-electron chi connectivity index (χ0n) is 14.1. The Bertz CT molecular complexity index is 845. The van der Waals surface area contributed by atoms with E-state index in [1.54, 1.807) is 0 Å². The number of aliphatic carboxylic acids is 1. The molecule has 1 aromatic heterocycles. The number of aromatic nitrogens is 2. The van der Waals surface area contributed by atoms with Crippen LogP contribution in [0.15, 0.2) is 36.7 Å². The maximum Gasteiger partial charge on any atom is 0.326 e. The molecule has 1 aliphatic rings. The highest BCUT2D eigenvalue weighted by atomic mass is 16.6. The Hall–Kier alpha value is -3.23. The van der Waals surface area contributed by atoms with Gasteiger partial charge < -0.3 is 10.0 Å². The third-order valence-electron chi connectivity index (χ3n) is 4.57. The van der Waals surface area contributed by atoms with Gasteiger partial charge in [0.25, 0.3) is 11.6 Å². The average Bonchev–Trinajstić information content (AvgIpc) is 3.11. The van der Waals surface area contributed by atoms with E-state index in [4.69, 9.17) is 0 Å². The second-order valence-corrected chi connectivity index (χ2v) is 6.43. The fraction of sp³-hybridized carbons (Fsp3) is 0.353. The largest absolute Gasteiger partial charge is 0.480 e. The van der Waals surface area contributed by atoms with Crippen molar-refractivity contribution in [2.75, 3.05) is 6.54 Å². The number of amides is 1. The SMILES string of the molecule is CC1CCN(C(=O)c2cnn(-c3ccc([N+](=O)[O-])cc3)c2)C(C(=O)O)C1. The summed E-state index contributed by atoms with van der Waals surface area (Å²) in [6, 6.07) is 4.92. The Morgan fingerprint density at radius 1 is 1.31 bits per heavy atom. The first-order valence-electron chi connectivity index (χ1n) is 8.20. The molecule has 1 saturated heterocycles. The van der Waals surface area contributed by atoms with Crippen molar-refractivity contribution < 1.29 is 19.6 Å². The van der Waals surface area contributed by atoms with E-state index >= 15 is 0 Å². The third kappa shape index (κ3) is 3.41. The molecule has 2 unspecified atom stereocenters. The number of hydrogen-bond donors (Lipinski definition) is 1. The summed E-state index contributed by atoms with van der Waals surface area (Å²) in [6.07, 6.45) is 4.06. The number of piperidine rings is 1. The van der Waals surface area contributed by atoms with Gasteiger partial charge in [0.1, 0.15) is 6.04 Å². The Balaban J connectivity index is 1.81. The molecule has 1 N–H and O–H groups in total. The Kier molecular flexibility index (Phi) is 4.70. The van der Waals surface area contributed by atoms with Crippen LogP contribution < -0.4 is 0 Å². The summed E-state index contributed by atoms with van der Waals surface area (Å²) in [4.78, 5) is 35.8. The normalized spacial score (nSPS) is 20.0. The smallest absolute Gasteiger partial charge is 0.326 e. The van der Waals surface area contributed by atoms with Crippen LogP contribution >= 0.6 is 0 Å². The van der Waals surface area contributed by atoms with Gasteiger partial charge in [-0.05, 0) is 30.9 Å². The first-order chi connectivity index (χ1) is 12.4. The number of benzene rings is 1. The summed E-state index contributed by atoms with van der Waals surface area (Å²) >= 11 is 0. The predicted octanol–water partition coefficient (Wildman–Crippen LogP) is 2.11. The molecule has 0 saturated carbocycles. The molecular formula is C17H18N4O5. The topological polar surface area (TPSA) is 119 Å². The third-order valence-corrected chi connectivity index (χ3v) is 4.57. The molecule has 0 aliphatic carbocycles. The van der Waals surface area contributed by atoms with E-state index in [1.807, 2.05) is 6.92 Å². The number of nitro groups is 1. The number of likely N-dealkylation sites (tertiary alicyclic amines) is 1. The number of carboxylic acid groups (broad SMARTS) is 1. The van der Waals surface area contributed by atoms with Crippen molar-refractivity contribution in [3.63, 3.8) is 0 Å². The number of carbonyl (C=O) groups excluding carboxylic acids is 1. The maximum absolute atomic E-state index is 12.7. The van der Waals surface area contributed by atoms with Gasteiger partial charge in [0.15, 0.2) is 0 Å². The van der Waals surface area contributed by atoms with Crippen molar-refractivity contribution in [1.29, 1.82) is 0 Å². The molecule has 2 aromatic rings. The first-order valence-corrected chi connectivity index (χ1v) is 8.20. The van der Waals surface area contributed by atoms with Gasteiger partial charge in [-0.2, -0.15) is 5.10 Å². The van der Waals surface area contributed by atoms with Crippen LogP contribution in [0.1, 0.15) is 30.1 Å². The highest BCUT2D eigenvalue weighted by molar-refractivity contribution is 5.96. The van der Waals surface area contributed by atoms with Crippen LogP contribution in [-0.4, -0.2) is 49.2 Å². The molecule has 1 fully saturated rings. The minimum absolute atomic E-state index is 0.0380. The predicted molar refractivity (Wildman–Crippen MR) is 91.1 cm³/mol. The number of carbonyl (C=O) groups is 2. The fourth-order valence-corrected chi connectivity index (χ4v) is 3.09. The molecule has 2 heterocycles. The lowest BCUT2D eigenvalue weighted by Gasteiger charge is -2.35. The molecule has 3 rings (SSSR count). The van der Waals surface area contributed by atoms with E-state index in [0.29, 0.717) is 18.7 Å². The lowest BCUT2D eigenvalue weighted by Crippen LogP contribution is -2.49. The van der Waals surface area contributed by atoms with Gasteiger partial charge in [0.05, 0.1) is 22.4 Å². The summed E-state index contributed by atoms with van der Waals surface area (Å²) in [5, 5.41) is 24.2. The van der Waals surface area contributed by atoms with Crippen molar-refractivity contribution >= 4 is 17.6 Å². The van der Waals surface area contributed by atoms with Gasteiger partial charge in [-0.1, -0.05) is 6.92 Å². The summed E-state index contributed by atoms with van der Waals surface area (Å²) in [6.45, 7) is 2.37. The molecule has 2 atom stereocenters. The van der Waals surface area contributed by atoms with Crippen LogP contribution in [0.3, 0.4) is 0 Å². The Labute approximate surface area is 149 Å². The fourth-order valence-electron chi connectivity index (χ4n) is 3.09. The molecule has 1 amide bonds. The summed E-state index contributed by atoms with van der Waals surface area (Å²) in [5.41, 5.74) is 0.810. The highest BCUT2D eigenvalue weighted by Gasteiger charge is 2.35. The molecule has 0 radical (unpaired) electrons. The Morgan fingerprint density at radius 3 is 2.62 bits per heavy atom. The maximum atomic E-state index is 12.7. The monoisotopic (exact) mass is 358 g/mol. The molecule has 0 bridgehead atoms. The quantitative estimate of drug-likeness (QED) is 0.660. The van der Waals surface area contributed by atoms with Crippen LogP contribution in [0, 0.1) is 16.0 Å². The molecule has 0 spiro atoms. The van der Waals surface area contributed by atoms with Crippen LogP contribution in [0.5, 0.6) is 0 Å². The number of hydrogen-bond acceptors (Lipinski definition) is 5. The zero-order valence-corrected chi connectivity index (χ0v) is 14.1. The van der Waals surface area contributed by atoms with Gasteiger partial charge in [-0.3, -0.25) is 14.9 Å². The lowest BCUT2D eigenvalue weighted by molar-refractivity contribution is -0.384. The number of nitro benzene ring substituents is 1. The van der Waals surface area contributed by atoms with Crippen molar-refractivity contribution in [2.24, 2.45) is 5.92 Å². The van der Waals surface area contributed by atoms with E-state index < -0.39 is 16.9 Å². The van der Waals surface area contributed by atoms with Crippen molar-refractivity contribution in [3.05, 3.63) is 52.3 Å². The average molecular weight is 358 g/mol. The summed E-state index contributed by atoms with van der Waals surface area (Å²) in [7, 11) is 0. The lowest BCUT2D eigenvalue weighted by atomic mass is 9.92. The van der Waals surface area contributed by atoms with Crippen molar-refractivity contribution in [1.82, 2.24) is 14.7 Å². The molecule has 136 valence electrons. The van der Waals surface area contributed by atoms with Crippen molar-refractivity contribution in [2.45, 2.75) is 25.8 Å². The second kappa shape index (κ2) is 6.95. The highest BCUT2D eigenvalue weighted by Crippen LogP contribution is 2.24. The molecule has 1 aromatic carbocycles.